The van der Waals surface area contributed by atoms with Crippen LogP contribution < -0.4 is 0 Å². The Labute approximate surface area is 206 Å². The molecule has 6 heteroatoms. The van der Waals surface area contributed by atoms with Gasteiger partial charge in [0, 0.05) is 18.5 Å². The number of piperidine rings is 1. The standard InChI is InChI=1S/C29H36F3NO2/c1-4-5-21-7-9-23(10-8-21)26(15-6-20(2)3)33-17-16-22(19-28(34)35)18-27(33)24-11-13-25(14-12-24)29(30,31)32/h4,7-14,20,22,26-27H,1,5-6,15-19H2,2-3H3,(H,34,35)/t22-,26-,27?/m1/s1. The Morgan fingerprint density at radius 3 is 2.31 bits per heavy atom. The molecule has 0 amide bonds. The third kappa shape index (κ3) is 7.44. The zero-order valence-corrected chi connectivity index (χ0v) is 20.6. The number of nitrogens with zero attached hydrogens (tertiary/aromatic N) is 1. The fourth-order valence-electron chi connectivity index (χ4n) is 5.14. The average Bonchev–Trinajstić information content (AvgIpc) is 2.80. The van der Waals surface area contributed by atoms with E-state index in [9.17, 15) is 23.1 Å². The molecule has 1 heterocycles. The lowest BCUT2D eigenvalue weighted by Gasteiger charge is -2.44. The summed E-state index contributed by atoms with van der Waals surface area (Å²) in [5.41, 5.74) is 2.52. The number of hydrogen-bond acceptors (Lipinski definition) is 2. The molecular weight excluding hydrogens is 451 g/mol. The number of carboxylic acid groups (broad SMARTS) is 1. The summed E-state index contributed by atoms with van der Waals surface area (Å²) in [5.74, 6) is -0.313. The summed E-state index contributed by atoms with van der Waals surface area (Å²) in [6, 6.07) is 13.9. The maximum atomic E-state index is 13.2. The molecule has 3 nitrogen and oxygen atoms in total. The molecule has 0 radical (unpaired) electrons. The van der Waals surface area contributed by atoms with E-state index in [1.807, 2.05) is 6.08 Å². The zero-order valence-electron chi connectivity index (χ0n) is 20.6. The number of allylic oxidation sites excluding steroid dienone is 1. The van der Waals surface area contributed by atoms with Gasteiger partial charge < -0.3 is 5.11 Å². The molecule has 1 unspecified atom stereocenters. The summed E-state index contributed by atoms with van der Waals surface area (Å²) >= 11 is 0. The second-order valence-corrected chi connectivity index (χ2v) is 10.1. The van der Waals surface area contributed by atoms with E-state index in [0.29, 0.717) is 18.9 Å². The number of carboxylic acids is 1. The number of hydrogen-bond donors (Lipinski definition) is 1. The first kappa shape index (κ1) is 27.0. The molecule has 1 N–H and O–H groups in total. The van der Waals surface area contributed by atoms with E-state index < -0.39 is 17.7 Å². The van der Waals surface area contributed by atoms with Crippen LogP contribution in [-0.2, 0) is 17.4 Å². The Bertz CT molecular complexity index is 967. The van der Waals surface area contributed by atoms with E-state index in [2.05, 4.69) is 49.6 Å². The molecule has 1 aliphatic heterocycles. The first-order valence-electron chi connectivity index (χ1n) is 12.4. The van der Waals surface area contributed by atoms with Gasteiger partial charge in [0.15, 0.2) is 0 Å². The SMILES string of the molecule is C=CCc1ccc([C@@H](CCC(C)C)N2CC[C@@H](CC(=O)O)CC2c2ccc(C(F)(F)F)cc2)cc1. The van der Waals surface area contributed by atoms with E-state index >= 15 is 0 Å². The van der Waals surface area contributed by atoms with Crippen molar-refractivity contribution >= 4 is 5.97 Å². The highest BCUT2D eigenvalue weighted by Gasteiger charge is 2.36. The number of alkyl halides is 3. The molecule has 0 aliphatic carbocycles. The Morgan fingerprint density at radius 2 is 1.77 bits per heavy atom. The highest BCUT2D eigenvalue weighted by Crippen LogP contribution is 2.43. The van der Waals surface area contributed by atoms with Crippen molar-refractivity contribution in [2.24, 2.45) is 11.8 Å². The highest BCUT2D eigenvalue weighted by atomic mass is 19.4. The van der Waals surface area contributed by atoms with Crippen molar-refractivity contribution in [1.29, 1.82) is 0 Å². The smallest absolute Gasteiger partial charge is 0.416 e. The lowest BCUT2D eigenvalue weighted by atomic mass is 9.82. The summed E-state index contributed by atoms with van der Waals surface area (Å²) in [6.07, 6.45) is 1.69. The van der Waals surface area contributed by atoms with Crippen molar-refractivity contribution in [3.8, 4) is 0 Å². The summed E-state index contributed by atoms with van der Waals surface area (Å²) in [4.78, 5) is 13.8. The summed E-state index contributed by atoms with van der Waals surface area (Å²) < 4.78 is 39.5. The number of likely N-dealkylation sites (tertiary alicyclic amines) is 1. The maximum absolute atomic E-state index is 13.2. The molecule has 1 aliphatic rings. The highest BCUT2D eigenvalue weighted by molar-refractivity contribution is 5.67. The number of carbonyl (C=O) groups is 1. The van der Waals surface area contributed by atoms with Gasteiger partial charge in [0.1, 0.15) is 0 Å². The average molecular weight is 488 g/mol. The van der Waals surface area contributed by atoms with Crippen LogP contribution in [0.2, 0.25) is 0 Å². The van der Waals surface area contributed by atoms with E-state index in [0.717, 1.165) is 43.4 Å². The second kappa shape index (κ2) is 11.9. The number of benzene rings is 2. The normalized spacial score (nSPS) is 20.1. The van der Waals surface area contributed by atoms with Crippen LogP contribution in [0.25, 0.3) is 0 Å². The molecular formula is C29H36F3NO2. The summed E-state index contributed by atoms with van der Waals surface area (Å²) in [5, 5.41) is 9.37. The Hall–Kier alpha value is -2.60. The van der Waals surface area contributed by atoms with Gasteiger partial charge in [-0.05, 0) is 79.3 Å². The van der Waals surface area contributed by atoms with E-state index in [1.165, 1.54) is 11.1 Å². The van der Waals surface area contributed by atoms with Crippen molar-refractivity contribution in [3.05, 3.63) is 83.4 Å². The van der Waals surface area contributed by atoms with Gasteiger partial charge in [-0.25, -0.2) is 0 Å². The molecule has 190 valence electrons. The van der Waals surface area contributed by atoms with Crippen LogP contribution in [-0.4, -0.2) is 22.5 Å². The third-order valence-electron chi connectivity index (χ3n) is 7.00. The van der Waals surface area contributed by atoms with Gasteiger partial charge in [0.25, 0.3) is 0 Å². The van der Waals surface area contributed by atoms with Crippen LogP contribution in [0.15, 0.2) is 61.2 Å². The molecule has 1 fully saturated rings. The fraction of sp³-hybridized carbons (Fsp3) is 0.483. The van der Waals surface area contributed by atoms with Gasteiger partial charge >= 0.3 is 12.1 Å². The lowest BCUT2D eigenvalue weighted by molar-refractivity contribution is -0.139. The minimum atomic E-state index is -4.39. The van der Waals surface area contributed by atoms with Gasteiger partial charge in [-0.1, -0.05) is 56.3 Å². The van der Waals surface area contributed by atoms with Gasteiger partial charge in [-0.15, -0.1) is 6.58 Å². The summed E-state index contributed by atoms with van der Waals surface area (Å²) in [6.45, 7) is 8.90. The predicted molar refractivity (Wildman–Crippen MR) is 133 cm³/mol. The third-order valence-corrected chi connectivity index (χ3v) is 7.00. The van der Waals surface area contributed by atoms with Crippen LogP contribution in [0.1, 0.15) is 80.3 Å². The van der Waals surface area contributed by atoms with Crippen molar-refractivity contribution in [2.75, 3.05) is 6.54 Å². The lowest BCUT2D eigenvalue weighted by Crippen LogP contribution is -2.40. The number of rotatable bonds is 10. The van der Waals surface area contributed by atoms with Crippen LogP contribution in [0.4, 0.5) is 13.2 Å². The van der Waals surface area contributed by atoms with Crippen LogP contribution in [0.3, 0.4) is 0 Å². The van der Waals surface area contributed by atoms with E-state index in [4.69, 9.17) is 0 Å². The molecule has 1 saturated heterocycles. The van der Waals surface area contributed by atoms with Crippen LogP contribution in [0.5, 0.6) is 0 Å². The molecule has 2 aromatic rings. The molecule has 0 saturated carbocycles. The van der Waals surface area contributed by atoms with Crippen molar-refractivity contribution in [2.45, 2.75) is 70.6 Å². The van der Waals surface area contributed by atoms with E-state index in [1.54, 1.807) is 12.1 Å². The monoisotopic (exact) mass is 487 g/mol. The summed E-state index contributed by atoms with van der Waals surface area (Å²) in [7, 11) is 0. The quantitative estimate of drug-likeness (QED) is 0.347. The van der Waals surface area contributed by atoms with Crippen molar-refractivity contribution in [1.82, 2.24) is 4.90 Å². The first-order chi connectivity index (χ1) is 16.6. The topological polar surface area (TPSA) is 40.5 Å². The molecule has 3 atom stereocenters. The second-order valence-electron chi connectivity index (χ2n) is 10.1. The molecule has 35 heavy (non-hydrogen) atoms. The maximum Gasteiger partial charge on any atom is 0.416 e. The van der Waals surface area contributed by atoms with E-state index in [-0.39, 0.29) is 24.4 Å². The van der Waals surface area contributed by atoms with Crippen molar-refractivity contribution in [3.63, 3.8) is 0 Å². The fourth-order valence-corrected chi connectivity index (χ4v) is 5.14. The number of aliphatic carboxylic acids is 1. The van der Waals surface area contributed by atoms with Gasteiger partial charge in [-0.2, -0.15) is 13.2 Å². The Balaban J connectivity index is 1.97. The molecule has 0 bridgehead atoms. The molecule has 2 aromatic carbocycles. The zero-order chi connectivity index (χ0) is 25.6. The molecule has 0 aromatic heterocycles. The molecule has 0 spiro atoms. The minimum absolute atomic E-state index is 0.00300. The largest absolute Gasteiger partial charge is 0.481 e. The predicted octanol–water partition coefficient (Wildman–Crippen LogP) is 7.84. The van der Waals surface area contributed by atoms with Gasteiger partial charge in [0.05, 0.1) is 5.56 Å². The van der Waals surface area contributed by atoms with Crippen LogP contribution in [0, 0.1) is 11.8 Å². The minimum Gasteiger partial charge on any atom is -0.481 e. The van der Waals surface area contributed by atoms with Crippen LogP contribution >= 0.6 is 0 Å². The van der Waals surface area contributed by atoms with Gasteiger partial charge in [0.2, 0.25) is 0 Å². The number of halogens is 3. The Kier molecular flexibility index (Phi) is 9.17. The van der Waals surface area contributed by atoms with Gasteiger partial charge in [-0.3, -0.25) is 9.69 Å². The van der Waals surface area contributed by atoms with Crippen molar-refractivity contribution < 1.29 is 23.1 Å². The molecule has 3 rings (SSSR count). The Morgan fingerprint density at radius 1 is 1.11 bits per heavy atom. The first-order valence-corrected chi connectivity index (χ1v) is 12.4.